The van der Waals surface area contributed by atoms with Gasteiger partial charge in [0.2, 0.25) is 0 Å². The van der Waals surface area contributed by atoms with Crippen molar-refractivity contribution in [3.8, 4) is 0 Å². The summed E-state index contributed by atoms with van der Waals surface area (Å²) in [7, 11) is 0. The third-order valence-electron chi connectivity index (χ3n) is 2.75. The summed E-state index contributed by atoms with van der Waals surface area (Å²) in [6.07, 6.45) is 6.04. The summed E-state index contributed by atoms with van der Waals surface area (Å²) < 4.78 is 0. The molecule has 1 fully saturated rings. The largest absolute Gasteiger partial charge is 0.392 e. The van der Waals surface area contributed by atoms with Crippen molar-refractivity contribution in [2.75, 3.05) is 0 Å². The quantitative estimate of drug-likeness (QED) is 0.634. The van der Waals surface area contributed by atoms with E-state index in [9.17, 15) is 5.11 Å². The maximum absolute atomic E-state index is 9.25. The summed E-state index contributed by atoms with van der Waals surface area (Å²) in [4.78, 5) is 0. The Labute approximate surface area is 68.8 Å². The summed E-state index contributed by atoms with van der Waals surface area (Å²) in [6.45, 7) is 1.79. The van der Waals surface area contributed by atoms with E-state index in [0.29, 0.717) is 5.92 Å². The van der Waals surface area contributed by atoms with Crippen LogP contribution < -0.4 is 5.73 Å². The van der Waals surface area contributed by atoms with Gasteiger partial charge in [0, 0.05) is 6.04 Å². The molecule has 0 bridgehead atoms. The van der Waals surface area contributed by atoms with Crippen molar-refractivity contribution in [1.29, 1.82) is 0 Å². The van der Waals surface area contributed by atoms with Crippen LogP contribution in [0.1, 0.15) is 39.0 Å². The van der Waals surface area contributed by atoms with E-state index in [1.807, 2.05) is 0 Å². The van der Waals surface area contributed by atoms with Crippen LogP contribution in [0.2, 0.25) is 0 Å². The van der Waals surface area contributed by atoms with Gasteiger partial charge < -0.3 is 10.8 Å². The fourth-order valence-corrected chi connectivity index (χ4v) is 1.91. The van der Waals surface area contributed by atoms with E-state index in [0.717, 1.165) is 0 Å². The smallest absolute Gasteiger partial charge is 0.0665 e. The van der Waals surface area contributed by atoms with Crippen LogP contribution in [0.25, 0.3) is 0 Å². The molecule has 0 aromatic rings. The van der Waals surface area contributed by atoms with Crippen molar-refractivity contribution >= 4 is 0 Å². The van der Waals surface area contributed by atoms with E-state index in [2.05, 4.69) is 0 Å². The van der Waals surface area contributed by atoms with Crippen molar-refractivity contribution < 1.29 is 5.11 Å². The summed E-state index contributed by atoms with van der Waals surface area (Å²) >= 11 is 0. The van der Waals surface area contributed by atoms with Crippen LogP contribution >= 0.6 is 0 Å². The Hall–Kier alpha value is -0.0800. The first-order valence-electron chi connectivity index (χ1n) is 4.65. The van der Waals surface area contributed by atoms with Gasteiger partial charge in [-0.15, -0.1) is 0 Å². The fraction of sp³-hybridized carbons (Fsp3) is 1.00. The lowest BCUT2D eigenvalue weighted by Crippen LogP contribution is -2.40. The second-order valence-corrected chi connectivity index (χ2v) is 3.72. The maximum atomic E-state index is 9.25. The second-order valence-electron chi connectivity index (χ2n) is 3.72. The minimum Gasteiger partial charge on any atom is -0.392 e. The van der Waals surface area contributed by atoms with Crippen LogP contribution in [-0.4, -0.2) is 17.3 Å². The highest BCUT2D eigenvalue weighted by atomic mass is 16.3. The van der Waals surface area contributed by atoms with Crippen molar-refractivity contribution in [3.05, 3.63) is 0 Å². The fourth-order valence-electron chi connectivity index (χ4n) is 1.91. The third kappa shape index (κ3) is 2.46. The SMILES string of the molecule is C[C@H](O)[C@H](N)C1CCCCC1. The Morgan fingerprint density at radius 1 is 1.27 bits per heavy atom. The standard InChI is InChI=1S/C9H19NO/c1-7(11)9(10)8-5-3-2-4-6-8/h7-9,11H,2-6,10H2,1H3/t7-,9-/m0/s1. The summed E-state index contributed by atoms with van der Waals surface area (Å²) in [5.74, 6) is 0.573. The normalized spacial score (nSPS) is 26.5. The number of rotatable bonds is 2. The van der Waals surface area contributed by atoms with Gasteiger partial charge in [-0.05, 0) is 25.7 Å². The molecule has 66 valence electrons. The highest BCUT2D eigenvalue weighted by molar-refractivity contribution is 4.79. The predicted octanol–water partition coefficient (Wildman–Crippen LogP) is 1.27. The first-order valence-corrected chi connectivity index (χ1v) is 4.65. The van der Waals surface area contributed by atoms with E-state index in [-0.39, 0.29) is 12.1 Å². The molecule has 1 saturated carbocycles. The predicted molar refractivity (Wildman–Crippen MR) is 46.2 cm³/mol. The van der Waals surface area contributed by atoms with Gasteiger partial charge in [0.25, 0.3) is 0 Å². The van der Waals surface area contributed by atoms with Gasteiger partial charge in [-0.25, -0.2) is 0 Å². The molecule has 0 radical (unpaired) electrons. The zero-order chi connectivity index (χ0) is 8.27. The lowest BCUT2D eigenvalue weighted by Gasteiger charge is -2.29. The van der Waals surface area contributed by atoms with Crippen molar-refractivity contribution in [2.24, 2.45) is 11.7 Å². The Balaban J connectivity index is 2.32. The number of aliphatic hydroxyl groups excluding tert-OH is 1. The molecule has 0 amide bonds. The van der Waals surface area contributed by atoms with Gasteiger partial charge in [-0.2, -0.15) is 0 Å². The lowest BCUT2D eigenvalue weighted by atomic mass is 9.82. The third-order valence-corrected chi connectivity index (χ3v) is 2.75. The van der Waals surface area contributed by atoms with Crippen LogP contribution in [0.15, 0.2) is 0 Å². The van der Waals surface area contributed by atoms with Gasteiger partial charge in [-0.3, -0.25) is 0 Å². The van der Waals surface area contributed by atoms with Crippen LogP contribution in [0.4, 0.5) is 0 Å². The zero-order valence-electron chi connectivity index (χ0n) is 7.29. The molecule has 0 saturated heterocycles. The molecule has 0 aromatic carbocycles. The van der Waals surface area contributed by atoms with E-state index >= 15 is 0 Å². The molecule has 1 rings (SSSR count). The molecule has 0 aromatic heterocycles. The number of aliphatic hydroxyl groups is 1. The highest BCUT2D eigenvalue weighted by Crippen LogP contribution is 2.26. The molecule has 0 aliphatic heterocycles. The Morgan fingerprint density at radius 3 is 2.27 bits per heavy atom. The number of hydrogen-bond acceptors (Lipinski definition) is 2. The molecule has 3 N–H and O–H groups in total. The molecule has 11 heavy (non-hydrogen) atoms. The van der Waals surface area contributed by atoms with Crippen LogP contribution in [0.3, 0.4) is 0 Å². The zero-order valence-corrected chi connectivity index (χ0v) is 7.29. The molecule has 2 nitrogen and oxygen atoms in total. The highest BCUT2D eigenvalue weighted by Gasteiger charge is 2.23. The molecular weight excluding hydrogens is 138 g/mol. The van der Waals surface area contributed by atoms with Crippen molar-refractivity contribution in [1.82, 2.24) is 0 Å². The van der Waals surface area contributed by atoms with E-state index in [1.165, 1.54) is 32.1 Å². The van der Waals surface area contributed by atoms with Gasteiger partial charge in [0.1, 0.15) is 0 Å². The van der Waals surface area contributed by atoms with E-state index in [4.69, 9.17) is 5.73 Å². The minimum absolute atomic E-state index is 0.00954. The number of hydrogen-bond donors (Lipinski definition) is 2. The maximum Gasteiger partial charge on any atom is 0.0665 e. The summed E-state index contributed by atoms with van der Waals surface area (Å²) in [5.41, 5.74) is 5.84. The minimum atomic E-state index is -0.335. The molecule has 1 aliphatic rings. The average Bonchev–Trinajstić information content (AvgIpc) is 2.05. The monoisotopic (exact) mass is 157 g/mol. The first kappa shape index (κ1) is 9.01. The molecule has 2 atom stereocenters. The van der Waals surface area contributed by atoms with Gasteiger partial charge >= 0.3 is 0 Å². The molecule has 1 aliphatic carbocycles. The van der Waals surface area contributed by atoms with E-state index in [1.54, 1.807) is 6.92 Å². The van der Waals surface area contributed by atoms with Crippen LogP contribution in [0.5, 0.6) is 0 Å². The number of nitrogens with two attached hydrogens (primary N) is 1. The van der Waals surface area contributed by atoms with Gasteiger partial charge in [-0.1, -0.05) is 19.3 Å². The van der Waals surface area contributed by atoms with E-state index < -0.39 is 0 Å². The van der Waals surface area contributed by atoms with Gasteiger partial charge in [0.15, 0.2) is 0 Å². The summed E-state index contributed by atoms with van der Waals surface area (Å²) in [6, 6.07) is 0.00954. The van der Waals surface area contributed by atoms with Crippen LogP contribution in [-0.2, 0) is 0 Å². The molecule has 0 heterocycles. The Kier molecular flexibility index (Phi) is 3.34. The topological polar surface area (TPSA) is 46.2 Å². The molecule has 2 heteroatoms. The molecule has 0 unspecified atom stereocenters. The molecular formula is C9H19NO. The van der Waals surface area contributed by atoms with Crippen LogP contribution in [0, 0.1) is 5.92 Å². The Morgan fingerprint density at radius 2 is 1.82 bits per heavy atom. The van der Waals surface area contributed by atoms with Crippen molar-refractivity contribution in [2.45, 2.75) is 51.2 Å². The molecule has 0 spiro atoms. The lowest BCUT2D eigenvalue weighted by molar-refractivity contribution is 0.119. The first-order chi connectivity index (χ1) is 5.22. The second kappa shape index (κ2) is 4.07. The average molecular weight is 157 g/mol. The van der Waals surface area contributed by atoms with Crippen molar-refractivity contribution in [3.63, 3.8) is 0 Å². The summed E-state index contributed by atoms with van der Waals surface area (Å²) in [5, 5.41) is 9.25. The van der Waals surface area contributed by atoms with Gasteiger partial charge in [0.05, 0.1) is 6.10 Å². The Bertz CT molecular complexity index is 108.